The topological polar surface area (TPSA) is 69.6 Å². The number of rotatable bonds is 6. The molecular weight excluding hydrogens is 356 g/mol. The van der Waals surface area contributed by atoms with Crippen LogP contribution in [0.3, 0.4) is 0 Å². The summed E-state index contributed by atoms with van der Waals surface area (Å²) in [5.41, 5.74) is 0. The number of piperidine rings is 1. The zero-order chi connectivity index (χ0) is 15.2. The average molecular weight is 375 g/mol. The van der Waals surface area contributed by atoms with Gasteiger partial charge in [-0.3, -0.25) is 9.59 Å². The number of halogens is 1. The van der Waals surface area contributed by atoms with Gasteiger partial charge in [-0.2, -0.15) is 0 Å². The molecule has 1 saturated heterocycles. The van der Waals surface area contributed by atoms with E-state index in [1.807, 2.05) is 6.07 Å². The van der Waals surface area contributed by atoms with Crippen LogP contribution in [0.2, 0.25) is 0 Å². The molecule has 0 aromatic carbocycles. The van der Waals surface area contributed by atoms with E-state index in [4.69, 9.17) is 5.11 Å². The van der Waals surface area contributed by atoms with E-state index in [-0.39, 0.29) is 11.8 Å². The van der Waals surface area contributed by atoms with Crippen LogP contribution < -0.4 is 5.32 Å². The number of carboxylic acid groups (broad SMARTS) is 1. The van der Waals surface area contributed by atoms with Crippen LogP contribution in [0.25, 0.3) is 0 Å². The van der Waals surface area contributed by atoms with Crippen LogP contribution in [0.5, 0.6) is 0 Å². The monoisotopic (exact) mass is 374 g/mol. The van der Waals surface area contributed by atoms with Crippen molar-refractivity contribution < 1.29 is 14.7 Å². The number of carboxylic acids is 1. The Labute approximate surface area is 136 Å². The Bertz CT molecular complexity index is 498. The third-order valence-corrected chi connectivity index (χ3v) is 5.33. The fourth-order valence-corrected chi connectivity index (χ4v) is 3.86. The number of carbonyl (C=O) groups excluding carboxylic acids is 1. The van der Waals surface area contributed by atoms with E-state index in [0.717, 1.165) is 16.8 Å². The summed E-state index contributed by atoms with van der Waals surface area (Å²) in [5, 5.41) is 12.1. The number of nitrogens with zero attached hydrogens (tertiary/aromatic N) is 1. The average Bonchev–Trinajstić information content (AvgIpc) is 2.89. The van der Waals surface area contributed by atoms with Crippen molar-refractivity contribution in [2.24, 2.45) is 5.92 Å². The van der Waals surface area contributed by atoms with Crippen LogP contribution in [-0.4, -0.2) is 48.1 Å². The molecule has 1 amide bonds. The molecule has 0 unspecified atom stereocenters. The molecule has 0 atom stereocenters. The van der Waals surface area contributed by atoms with E-state index in [0.29, 0.717) is 32.5 Å². The van der Waals surface area contributed by atoms with Crippen molar-refractivity contribution in [2.75, 3.05) is 26.2 Å². The zero-order valence-corrected chi connectivity index (χ0v) is 14.1. The minimum Gasteiger partial charge on any atom is -0.481 e. The molecule has 2 heterocycles. The Kier molecular flexibility index (Phi) is 6.20. The van der Waals surface area contributed by atoms with Gasteiger partial charge in [0.1, 0.15) is 0 Å². The molecule has 7 heteroatoms. The van der Waals surface area contributed by atoms with Gasteiger partial charge in [-0.1, -0.05) is 0 Å². The summed E-state index contributed by atoms with van der Waals surface area (Å²) in [6.07, 6.45) is 2.03. The Balaban J connectivity index is 1.63. The first-order valence-electron chi connectivity index (χ1n) is 7.02. The molecule has 1 aromatic rings. The molecule has 2 N–H and O–H groups in total. The number of carbonyl (C=O) groups is 2. The second kappa shape index (κ2) is 7.91. The Morgan fingerprint density at radius 3 is 2.67 bits per heavy atom. The highest BCUT2D eigenvalue weighted by atomic mass is 79.9. The van der Waals surface area contributed by atoms with E-state index < -0.39 is 5.97 Å². The summed E-state index contributed by atoms with van der Waals surface area (Å²) < 4.78 is 1.12. The number of hydrogen-bond donors (Lipinski definition) is 2. The van der Waals surface area contributed by atoms with Crippen LogP contribution in [0.1, 0.15) is 17.7 Å². The quantitative estimate of drug-likeness (QED) is 0.746. The molecule has 1 fully saturated rings. The minimum absolute atomic E-state index is 0.0613. The van der Waals surface area contributed by atoms with Crippen molar-refractivity contribution in [3.05, 3.63) is 20.8 Å². The first kappa shape index (κ1) is 16.5. The van der Waals surface area contributed by atoms with Gasteiger partial charge in [0, 0.05) is 24.5 Å². The maximum atomic E-state index is 12.0. The molecule has 5 nitrogen and oxygen atoms in total. The fourth-order valence-electron chi connectivity index (χ4n) is 2.38. The summed E-state index contributed by atoms with van der Waals surface area (Å²) >= 11 is 5.13. The summed E-state index contributed by atoms with van der Waals surface area (Å²) in [7, 11) is 0. The molecule has 21 heavy (non-hydrogen) atoms. The van der Waals surface area contributed by atoms with Gasteiger partial charge in [-0.25, -0.2) is 0 Å². The molecule has 116 valence electrons. The first-order valence-corrected chi connectivity index (χ1v) is 8.62. The van der Waals surface area contributed by atoms with Gasteiger partial charge in [0.25, 0.3) is 0 Å². The standard InChI is InChI=1S/C14H19BrN2O3S/c15-12-2-1-11(21-12)3-6-16-9-13(18)17-7-4-10(5-8-17)14(19)20/h1-2,10,16H,3-9H2,(H,19,20). The number of amides is 1. The van der Waals surface area contributed by atoms with Crippen LogP contribution in [-0.2, 0) is 16.0 Å². The number of nitrogens with one attached hydrogen (secondary N) is 1. The number of aliphatic carboxylic acids is 1. The maximum Gasteiger partial charge on any atom is 0.306 e. The zero-order valence-electron chi connectivity index (χ0n) is 11.7. The van der Waals surface area contributed by atoms with E-state index in [2.05, 4.69) is 27.3 Å². The molecule has 0 radical (unpaired) electrons. The van der Waals surface area contributed by atoms with Gasteiger partial charge in [0.2, 0.25) is 5.91 Å². The lowest BCUT2D eigenvalue weighted by atomic mass is 9.97. The van der Waals surface area contributed by atoms with Gasteiger partial charge in [-0.15, -0.1) is 11.3 Å². The SMILES string of the molecule is O=C(O)C1CCN(C(=O)CNCCc2ccc(Br)s2)CC1. The van der Waals surface area contributed by atoms with Gasteiger partial charge in [0.05, 0.1) is 16.2 Å². The third kappa shape index (κ3) is 5.09. The first-order chi connectivity index (χ1) is 10.1. The molecule has 0 saturated carbocycles. The molecule has 1 aromatic heterocycles. The predicted octanol–water partition coefficient (Wildman–Crippen LogP) is 1.97. The van der Waals surface area contributed by atoms with Crippen LogP contribution in [0.4, 0.5) is 0 Å². The third-order valence-electron chi connectivity index (χ3n) is 3.65. The minimum atomic E-state index is -0.748. The summed E-state index contributed by atoms with van der Waals surface area (Å²) in [6.45, 7) is 2.19. The van der Waals surface area contributed by atoms with E-state index in [1.165, 1.54) is 4.88 Å². The predicted molar refractivity (Wildman–Crippen MR) is 85.5 cm³/mol. The highest BCUT2D eigenvalue weighted by Gasteiger charge is 2.26. The number of hydrogen-bond acceptors (Lipinski definition) is 4. The molecule has 0 spiro atoms. The molecule has 0 aliphatic carbocycles. The van der Waals surface area contributed by atoms with Gasteiger partial charge in [-0.05, 0) is 47.3 Å². The lowest BCUT2D eigenvalue weighted by Crippen LogP contribution is -2.44. The van der Waals surface area contributed by atoms with Crippen molar-refractivity contribution in [3.8, 4) is 0 Å². The summed E-state index contributed by atoms with van der Waals surface area (Å²) in [6, 6.07) is 4.10. The molecule has 1 aliphatic rings. The smallest absolute Gasteiger partial charge is 0.306 e. The van der Waals surface area contributed by atoms with Gasteiger partial charge >= 0.3 is 5.97 Å². The van der Waals surface area contributed by atoms with Crippen molar-refractivity contribution in [1.29, 1.82) is 0 Å². The molecular formula is C14H19BrN2O3S. The van der Waals surface area contributed by atoms with Gasteiger partial charge in [0.15, 0.2) is 0 Å². The van der Waals surface area contributed by atoms with Crippen LogP contribution in [0.15, 0.2) is 15.9 Å². The lowest BCUT2D eigenvalue weighted by molar-refractivity contribution is -0.145. The largest absolute Gasteiger partial charge is 0.481 e. The fraction of sp³-hybridized carbons (Fsp3) is 0.571. The Morgan fingerprint density at radius 1 is 1.38 bits per heavy atom. The van der Waals surface area contributed by atoms with Crippen molar-refractivity contribution in [1.82, 2.24) is 10.2 Å². The van der Waals surface area contributed by atoms with Crippen LogP contribution >= 0.6 is 27.3 Å². The van der Waals surface area contributed by atoms with Gasteiger partial charge < -0.3 is 15.3 Å². The van der Waals surface area contributed by atoms with E-state index in [9.17, 15) is 9.59 Å². The van der Waals surface area contributed by atoms with E-state index >= 15 is 0 Å². The lowest BCUT2D eigenvalue weighted by Gasteiger charge is -2.30. The summed E-state index contributed by atoms with van der Waals surface area (Å²) in [4.78, 5) is 25.9. The van der Waals surface area contributed by atoms with E-state index in [1.54, 1.807) is 16.2 Å². The highest BCUT2D eigenvalue weighted by molar-refractivity contribution is 9.11. The maximum absolute atomic E-state index is 12.0. The Hall–Kier alpha value is -0.920. The Morgan fingerprint density at radius 2 is 2.10 bits per heavy atom. The molecule has 2 rings (SSSR count). The number of likely N-dealkylation sites (tertiary alicyclic amines) is 1. The molecule has 1 aliphatic heterocycles. The van der Waals surface area contributed by atoms with Crippen molar-refractivity contribution in [3.63, 3.8) is 0 Å². The summed E-state index contributed by atoms with van der Waals surface area (Å²) in [5.74, 6) is -0.979. The normalized spacial score (nSPS) is 16.1. The number of thiophene rings is 1. The van der Waals surface area contributed by atoms with Crippen LogP contribution in [0, 0.1) is 5.92 Å². The second-order valence-electron chi connectivity index (χ2n) is 5.13. The molecule has 0 bridgehead atoms. The van der Waals surface area contributed by atoms with Crippen molar-refractivity contribution >= 4 is 39.1 Å². The van der Waals surface area contributed by atoms with Crippen molar-refractivity contribution in [2.45, 2.75) is 19.3 Å². The second-order valence-corrected chi connectivity index (χ2v) is 7.67. The highest BCUT2D eigenvalue weighted by Crippen LogP contribution is 2.22.